The van der Waals surface area contributed by atoms with Gasteiger partial charge in [-0.2, -0.15) is 4.21 Å². The summed E-state index contributed by atoms with van der Waals surface area (Å²) in [6, 6.07) is 0. The largest absolute Gasteiger partial charge is 0.301 e. The number of hydrogen-bond acceptors (Lipinski definition) is 2. The monoisotopic (exact) mass is 150 g/mol. The minimum atomic E-state index is -2.10. The molecule has 0 aliphatic heterocycles. The Balaban J connectivity index is 2.91. The quantitative estimate of drug-likeness (QED) is 0.363. The Kier molecular flexibility index (Phi) is 5.81. The molecule has 0 aromatic heterocycles. The summed E-state index contributed by atoms with van der Waals surface area (Å²) in [5.41, 5.74) is 0. The van der Waals surface area contributed by atoms with Crippen LogP contribution in [0.5, 0.6) is 0 Å². The predicted octanol–water partition coefficient (Wildman–Crippen LogP) is 1.11. The molecule has 0 aliphatic rings. The van der Waals surface area contributed by atoms with Crippen LogP contribution < -0.4 is 0 Å². The number of unbranched alkanes of at least 4 members (excludes halogenated alkanes) is 1. The van der Waals surface area contributed by atoms with Crippen molar-refractivity contribution in [1.82, 2.24) is 0 Å². The maximum absolute atomic E-state index is 9.83. The third-order valence-electron chi connectivity index (χ3n) is 0.737. The van der Waals surface area contributed by atoms with Crippen LogP contribution in [0, 0.1) is 0 Å². The highest BCUT2D eigenvalue weighted by molar-refractivity contribution is 7.74. The number of hydrogen-bond donors (Lipinski definition) is 1. The van der Waals surface area contributed by atoms with Gasteiger partial charge in [-0.1, -0.05) is 6.08 Å². The summed E-state index contributed by atoms with van der Waals surface area (Å²) in [7, 11) is 0. The van der Waals surface area contributed by atoms with Gasteiger partial charge in [0, 0.05) is 0 Å². The minimum Gasteiger partial charge on any atom is -0.284 e. The van der Waals surface area contributed by atoms with E-state index in [4.69, 9.17) is 4.55 Å². The molecular formula is C5H10O3S. The molecule has 0 aliphatic carbocycles. The Morgan fingerprint density at radius 1 is 1.78 bits per heavy atom. The molecule has 0 aromatic rings. The van der Waals surface area contributed by atoms with Crippen LogP contribution in [0.1, 0.15) is 12.8 Å². The van der Waals surface area contributed by atoms with Gasteiger partial charge in [-0.05, 0) is 12.8 Å². The van der Waals surface area contributed by atoms with E-state index in [9.17, 15) is 4.21 Å². The highest BCUT2D eigenvalue weighted by Gasteiger charge is 1.89. The summed E-state index contributed by atoms with van der Waals surface area (Å²) in [5.74, 6) is 0. The van der Waals surface area contributed by atoms with Crippen LogP contribution >= 0.6 is 0 Å². The Bertz CT molecular complexity index is 102. The molecule has 9 heavy (non-hydrogen) atoms. The fourth-order valence-corrected chi connectivity index (χ4v) is 0.618. The van der Waals surface area contributed by atoms with Gasteiger partial charge in [0.25, 0.3) is 0 Å². The van der Waals surface area contributed by atoms with Crippen LogP contribution in [-0.2, 0) is 15.5 Å². The second-order valence-corrected chi connectivity index (χ2v) is 2.14. The zero-order chi connectivity index (χ0) is 7.11. The van der Waals surface area contributed by atoms with Crippen LogP contribution in [0.15, 0.2) is 12.7 Å². The molecule has 0 amide bonds. The van der Waals surface area contributed by atoms with Crippen LogP contribution in [0.3, 0.4) is 0 Å². The van der Waals surface area contributed by atoms with Crippen LogP contribution in [0.4, 0.5) is 0 Å². The van der Waals surface area contributed by atoms with Gasteiger partial charge in [0.05, 0.1) is 6.61 Å². The van der Waals surface area contributed by atoms with E-state index in [1.54, 1.807) is 6.08 Å². The van der Waals surface area contributed by atoms with E-state index in [2.05, 4.69) is 10.8 Å². The number of allylic oxidation sites excluding steroid dienone is 1. The van der Waals surface area contributed by atoms with E-state index >= 15 is 0 Å². The fourth-order valence-electron chi connectivity index (χ4n) is 0.358. The summed E-state index contributed by atoms with van der Waals surface area (Å²) in [4.78, 5) is 0. The van der Waals surface area contributed by atoms with Crippen LogP contribution in [0.2, 0.25) is 0 Å². The lowest BCUT2D eigenvalue weighted by Crippen LogP contribution is -1.96. The second-order valence-electron chi connectivity index (χ2n) is 1.47. The highest BCUT2D eigenvalue weighted by Crippen LogP contribution is 1.90. The molecule has 0 heterocycles. The van der Waals surface area contributed by atoms with Crippen molar-refractivity contribution in [2.24, 2.45) is 0 Å². The van der Waals surface area contributed by atoms with Gasteiger partial charge < -0.3 is 0 Å². The molecule has 3 nitrogen and oxygen atoms in total. The summed E-state index contributed by atoms with van der Waals surface area (Å²) >= 11 is -2.10. The maximum Gasteiger partial charge on any atom is 0.301 e. The van der Waals surface area contributed by atoms with Crippen molar-refractivity contribution in [1.29, 1.82) is 0 Å². The zero-order valence-corrected chi connectivity index (χ0v) is 5.89. The lowest BCUT2D eigenvalue weighted by Gasteiger charge is -1.93. The van der Waals surface area contributed by atoms with Crippen LogP contribution in [0.25, 0.3) is 0 Å². The van der Waals surface area contributed by atoms with E-state index in [1.807, 2.05) is 0 Å². The Morgan fingerprint density at radius 3 is 2.89 bits per heavy atom. The molecule has 1 atom stereocenters. The lowest BCUT2D eigenvalue weighted by atomic mass is 10.3. The fraction of sp³-hybridized carbons (Fsp3) is 0.600. The first-order valence-electron chi connectivity index (χ1n) is 2.62. The molecule has 54 valence electrons. The normalized spacial score (nSPS) is 13.0. The SMILES string of the molecule is C=CCCCOS(=O)O. The summed E-state index contributed by atoms with van der Waals surface area (Å²) in [5, 5.41) is 0. The van der Waals surface area contributed by atoms with E-state index < -0.39 is 11.4 Å². The molecule has 1 unspecified atom stereocenters. The van der Waals surface area contributed by atoms with Gasteiger partial charge in [0.15, 0.2) is 0 Å². The summed E-state index contributed by atoms with van der Waals surface area (Å²) in [6.45, 7) is 3.80. The smallest absolute Gasteiger partial charge is 0.284 e. The molecule has 1 N–H and O–H groups in total. The molecule has 0 rings (SSSR count). The van der Waals surface area contributed by atoms with E-state index in [-0.39, 0.29) is 0 Å². The average Bonchev–Trinajstić information content (AvgIpc) is 1.80. The molecule has 0 aromatic carbocycles. The first kappa shape index (κ1) is 8.81. The van der Waals surface area contributed by atoms with Gasteiger partial charge in [-0.25, -0.2) is 0 Å². The molecule has 0 spiro atoms. The van der Waals surface area contributed by atoms with E-state index in [0.717, 1.165) is 12.8 Å². The summed E-state index contributed by atoms with van der Waals surface area (Å²) in [6.07, 6.45) is 3.30. The number of rotatable bonds is 5. The molecule has 0 bridgehead atoms. The summed E-state index contributed by atoms with van der Waals surface area (Å²) < 4.78 is 22.2. The van der Waals surface area contributed by atoms with Crippen molar-refractivity contribution in [3.63, 3.8) is 0 Å². The van der Waals surface area contributed by atoms with Crippen molar-refractivity contribution >= 4 is 11.4 Å². The van der Waals surface area contributed by atoms with Gasteiger partial charge >= 0.3 is 11.4 Å². The van der Waals surface area contributed by atoms with Crippen molar-refractivity contribution in [3.05, 3.63) is 12.7 Å². The first-order valence-corrected chi connectivity index (χ1v) is 3.65. The van der Waals surface area contributed by atoms with E-state index in [0.29, 0.717) is 6.61 Å². The van der Waals surface area contributed by atoms with Gasteiger partial charge in [0.2, 0.25) is 0 Å². The third kappa shape index (κ3) is 7.81. The zero-order valence-electron chi connectivity index (χ0n) is 5.08. The predicted molar refractivity (Wildman–Crippen MR) is 36.2 cm³/mol. The standard InChI is InChI=1S/C5H10O3S/c1-2-3-4-5-8-9(6)7/h2H,1,3-5H2,(H,6,7). The topological polar surface area (TPSA) is 46.5 Å². The molecule has 4 heteroatoms. The van der Waals surface area contributed by atoms with Gasteiger partial charge in [-0.15, -0.1) is 6.58 Å². The second kappa shape index (κ2) is 5.94. The molecule has 0 radical (unpaired) electrons. The van der Waals surface area contributed by atoms with Crippen molar-refractivity contribution in [2.75, 3.05) is 6.61 Å². The Labute approximate surface area is 57.2 Å². The van der Waals surface area contributed by atoms with Crippen molar-refractivity contribution < 1.29 is 12.9 Å². The molecular weight excluding hydrogens is 140 g/mol. The van der Waals surface area contributed by atoms with Gasteiger partial charge in [0.1, 0.15) is 0 Å². The average molecular weight is 150 g/mol. The minimum absolute atomic E-state index is 0.315. The first-order chi connectivity index (χ1) is 4.27. The Hall–Kier alpha value is -0.190. The molecule has 0 fully saturated rings. The molecule has 0 saturated carbocycles. The van der Waals surface area contributed by atoms with Crippen LogP contribution in [-0.4, -0.2) is 15.4 Å². The third-order valence-corrected chi connectivity index (χ3v) is 1.11. The van der Waals surface area contributed by atoms with E-state index in [1.165, 1.54) is 0 Å². The highest BCUT2D eigenvalue weighted by atomic mass is 32.2. The van der Waals surface area contributed by atoms with Gasteiger partial charge in [-0.3, -0.25) is 8.74 Å². The van der Waals surface area contributed by atoms with Crippen molar-refractivity contribution in [2.45, 2.75) is 12.8 Å². The molecule has 0 saturated heterocycles. The van der Waals surface area contributed by atoms with Crippen molar-refractivity contribution in [3.8, 4) is 0 Å². The maximum atomic E-state index is 9.83. The lowest BCUT2D eigenvalue weighted by molar-refractivity contribution is 0.302. The Morgan fingerprint density at radius 2 is 2.44 bits per heavy atom.